The second-order valence-electron chi connectivity index (χ2n) is 7.45. The van der Waals surface area contributed by atoms with E-state index in [1.807, 2.05) is 6.07 Å². The number of aliphatic hydroxyl groups excluding tert-OH is 1. The number of rotatable bonds is 5. The van der Waals surface area contributed by atoms with Gasteiger partial charge < -0.3 is 10.0 Å². The van der Waals surface area contributed by atoms with Crippen LogP contribution in [0.25, 0.3) is 0 Å². The van der Waals surface area contributed by atoms with Gasteiger partial charge in [0.05, 0.1) is 16.7 Å². The lowest BCUT2D eigenvalue weighted by atomic mass is 9.90. The minimum Gasteiger partial charge on any atom is -0.392 e. The number of aromatic nitrogens is 1. The van der Waals surface area contributed by atoms with Crippen LogP contribution in [0.1, 0.15) is 49.9 Å². The molecule has 158 valence electrons. The molecule has 2 aromatic carbocycles. The van der Waals surface area contributed by atoms with Crippen LogP contribution in [0, 0.1) is 0 Å². The van der Waals surface area contributed by atoms with Gasteiger partial charge in [0.15, 0.2) is 5.78 Å². The lowest BCUT2D eigenvalue weighted by molar-refractivity contribution is 0.0785. The molecule has 0 aliphatic carbocycles. The summed E-state index contributed by atoms with van der Waals surface area (Å²) in [6.07, 6.45) is 2.30. The number of hydrogen-bond donors (Lipinski definition) is 1. The van der Waals surface area contributed by atoms with E-state index >= 15 is 0 Å². The van der Waals surface area contributed by atoms with Gasteiger partial charge in [0, 0.05) is 36.3 Å². The summed E-state index contributed by atoms with van der Waals surface area (Å²) >= 11 is 12.3. The Balaban J connectivity index is 1.55. The molecule has 7 heteroatoms. The van der Waals surface area contributed by atoms with Gasteiger partial charge >= 0.3 is 0 Å². The molecule has 0 bridgehead atoms. The van der Waals surface area contributed by atoms with E-state index in [4.69, 9.17) is 23.2 Å². The van der Waals surface area contributed by atoms with Crippen LogP contribution < -0.4 is 0 Å². The highest BCUT2D eigenvalue weighted by atomic mass is 35.5. The predicted molar refractivity (Wildman–Crippen MR) is 120 cm³/mol. The van der Waals surface area contributed by atoms with Gasteiger partial charge in [-0.3, -0.25) is 9.59 Å². The first-order chi connectivity index (χ1) is 15.0. The normalized spacial score (nSPS) is 15.8. The number of hydrogen-bond acceptors (Lipinski definition) is 4. The number of carbonyl (C=O) groups is 2. The van der Waals surface area contributed by atoms with Crippen molar-refractivity contribution >= 4 is 34.9 Å². The number of pyridine rings is 1. The van der Waals surface area contributed by atoms with Crippen molar-refractivity contribution in [1.29, 1.82) is 0 Å². The maximum absolute atomic E-state index is 12.9. The van der Waals surface area contributed by atoms with E-state index in [0.717, 1.165) is 12.0 Å². The Labute approximate surface area is 190 Å². The highest BCUT2D eigenvalue weighted by Crippen LogP contribution is 2.32. The van der Waals surface area contributed by atoms with Crippen molar-refractivity contribution in [3.05, 3.63) is 98.8 Å². The van der Waals surface area contributed by atoms with Crippen LogP contribution in [0.15, 0.2) is 60.8 Å². The number of amides is 1. The van der Waals surface area contributed by atoms with E-state index in [9.17, 15) is 14.7 Å². The Morgan fingerprint density at radius 3 is 2.58 bits per heavy atom. The van der Waals surface area contributed by atoms with Gasteiger partial charge in [0.25, 0.3) is 5.91 Å². The minimum atomic E-state index is -0.204. The van der Waals surface area contributed by atoms with E-state index in [2.05, 4.69) is 4.98 Å². The molecule has 0 radical (unpaired) electrons. The van der Waals surface area contributed by atoms with Crippen molar-refractivity contribution in [3.8, 4) is 0 Å². The van der Waals surface area contributed by atoms with E-state index in [1.54, 1.807) is 59.6 Å². The van der Waals surface area contributed by atoms with Crippen LogP contribution in [0.3, 0.4) is 0 Å². The predicted octanol–water partition coefficient (Wildman–Crippen LogP) is 4.74. The molecule has 31 heavy (non-hydrogen) atoms. The van der Waals surface area contributed by atoms with Gasteiger partial charge in [-0.15, -0.1) is 0 Å². The second kappa shape index (κ2) is 9.18. The molecule has 1 atom stereocenters. The van der Waals surface area contributed by atoms with Gasteiger partial charge in [-0.25, -0.2) is 4.98 Å². The molecular formula is C24H20Cl2N2O3. The van der Waals surface area contributed by atoms with Crippen LogP contribution in [0.2, 0.25) is 10.0 Å². The Morgan fingerprint density at radius 2 is 1.84 bits per heavy atom. The van der Waals surface area contributed by atoms with Crippen LogP contribution in [0.5, 0.6) is 0 Å². The van der Waals surface area contributed by atoms with Gasteiger partial charge in [-0.2, -0.15) is 0 Å². The van der Waals surface area contributed by atoms with Gasteiger partial charge in [0.2, 0.25) is 0 Å². The lowest BCUT2D eigenvalue weighted by Gasteiger charge is -2.18. The summed E-state index contributed by atoms with van der Waals surface area (Å²) in [6, 6.07) is 15.5. The molecule has 2 heterocycles. The largest absolute Gasteiger partial charge is 0.392 e. The first kappa shape index (κ1) is 21.5. The number of aliphatic hydroxyl groups is 1. The maximum Gasteiger partial charge on any atom is 0.274 e. The number of likely N-dealkylation sites (tertiary alicyclic amines) is 1. The second-order valence-corrected chi connectivity index (χ2v) is 8.27. The van der Waals surface area contributed by atoms with Crippen molar-refractivity contribution in [2.45, 2.75) is 18.9 Å². The zero-order valence-corrected chi connectivity index (χ0v) is 18.1. The Bertz CT molecular complexity index is 1150. The third kappa shape index (κ3) is 4.35. The Kier molecular flexibility index (Phi) is 6.37. The van der Waals surface area contributed by atoms with Gasteiger partial charge in [-0.05, 0) is 47.9 Å². The summed E-state index contributed by atoms with van der Waals surface area (Å²) in [5, 5.41) is 10.7. The van der Waals surface area contributed by atoms with E-state index in [0.29, 0.717) is 39.8 Å². The molecule has 1 aromatic heterocycles. The number of benzene rings is 2. The summed E-state index contributed by atoms with van der Waals surface area (Å²) in [5.41, 5.74) is 2.74. The summed E-state index contributed by atoms with van der Waals surface area (Å²) in [5.74, 6) is -0.345. The average Bonchev–Trinajstić information content (AvgIpc) is 3.28. The van der Waals surface area contributed by atoms with Gasteiger partial charge in [0.1, 0.15) is 5.69 Å². The van der Waals surface area contributed by atoms with E-state index < -0.39 is 0 Å². The topological polar surface area (TPSA) is 70.5 Å². The zero-order chi connectivity index (χ0) is 22.0. The average molecular weight is 455 g/mol. The lowest BCUT2D eigenvalue weighted by Crippen LogP contribution is -2.29. The summed E-state index contributed by atoms with van der Waals surface area (Å²) in [7, 11) is 0. The monoisotopic (exact) mass is 454 g/mol. The molecule has 1 fully saturated rings. The van der Waals surface area contributed by atoms with E-state index in [-0.39, 0.29) is 29.9 Å². The third-order valence-corrected chi connectivity index (χ3v) is 6.20. The molecule has 1 N–H and O–H groups in total. The minimum absolute atomic E-state index is 0.0538. The summed E-state index contributed by atoms with van der Waals surface area (Å²) in [4.78, 5) is 31.5. The highest BCUT2D eigenvalue weighted by molar-refractivity contribution is 6.35. The van der Waals surface area contributed by atoms with Gasteiger partial charge in [-0.1, -0.05) is 47.5 Å². The molecule has 1 aliphatic rings. The number of nitrogens with zero attached hydrogens (tertiary/aromatic N) is 2. The van der Waals surface area contributed by atoms with Crippen LogP contribution in [-0.4, -0.2) is 39.8 Å². The fraction of sp³-hybridized carbons (Fsp3) is 0.208. The van der Waals surface area contributed by atoms with Crippen molar-refractivity contribution < 1.29 is 14.7 Å². The Hall–Kier alpha value is -2.73. The standard InChI is InChI=1S/C24H20Cl2N2O3/c25-20-5-2-1-4-19(20)23(30)15-7-8-18(17(12-15)14-29)16-9-11-28(13-16)24(31)22-21(26)6-3-10-27-22/h1-8,10,12,16,29H,9,11,13-14H2. The first-order valence-corrected chi connectivity index (χ1v) is 10.7. The molecule has 1 aliphatic heterocycles. The van der Waals surface area contributed by atoms with Crippen LogP contribution in [0.4, 0.5) is 0 Å². The zero-order valence-electron chi connectivity index (χ0n) is 16.6. The highest BCUT2D eigenvalue weighted by Gasteiger charge is 2.31. The van der Waals surface area contributed by atoms with E-state index in [1.165, 1.54) is 0 Å². The first-order valence-electron chi connectivity index (χ1n) is 9.92. The molecule has 5 nitrogen and oxygen atoms in total. The molecule has 4 rings (SSSR count). The molecular weight excluding hydrogens is 435 g/mol. The number of carbonyl (C=O) groups excluding carboxylic acids is 2. The molecule has 0 saturated carbocycles. The fourth-order valence-corrected chi connectivity index (χ4v) is 4.40. The van der Waals surface area contributed by atoms with Crippen molar-refractivity contribution in [3.63, 3.8) is 0 Å². The third-order valence-electron chi connectivity index (χ3n) is 5.57. The molecule has 1 saturated heterocycles. The smallest absolute Gasteiger partial charge is 0.274 e. The number of halogens is 2. The molecule has 0 spiro atoms. The van der Waals surface area contributed by atoms with Crippen molar-refractivity contribution in [1.82, 2.24) is 9.88 Å². The number of ketones is 1. The van der Waals surface area contributed by atoms with Crippen molar-refractivity contribution in [2.75, 3.05) is 13.1 Å². The summed E-state index contributed by atoms with van der Waals surface area (Å²) < 4.78 is 0. The SMILES string of the molecule is O=C(c1ccc(C2CCN(C(=O)c3ncccc3Cl)C2)c(CO)c1)c1ccccc1Cl. The van der Waals surface area contributed by atoms with Crippen molar-refractivity contribution in [2.24, 2.45) is 0 Å². The molecule has 3 aromatic rings. The maximum atomic E-state index is 12.9. The quantitative estimate of drug-likeness (QED) is 0.565. The summed E-state index contributed by atoms with van der Waals surface area (Å²) in [6.45, 7) is 0.869. The van der Waals surface area contributed by atoms with Crippen LogP contribution in [-0.2, 0) is 6.61 Å². The molecule has 1 amide bonds. The molecule has 1 unspecified atom stereocenters. The fourth-order valence-electron chi connectivity index (χ4n) is 3.97. The Morgan fingerprint density at radius 1 is 1.06 bits per heavy atom. The van der Waals surface area contributed by atoms with Crippen LogP contribution >= 0.6 is 23.2 Å².